The Morgan fingerprint density at radius 1 is 1.05 bits per heavy atom. The standard InChI is InChI=1S/C21H32O/c1-16(15-22)19-12-13-20-18(9-6-14-21(19,20)2)11-10-17-7-4-3-5-8-17/h10-11,15-16,19-20H,3-9,12-14H2,1-2H3/b18-11+/t16-,19?,20?,21-/m1/s1. The molecule has 3 saturated carbocycles. The Kier molecular flexibility index (Phi) is 4.90. The second-order valence-electron chi connectivity index (χ2n) is 8.22. The summed E-state index contributed by atoms with van der Waals surface area (Å²) >= 11 is 0. The molecular weight excluding hydrogens is 268 g/mol. The predicted molar refractivity (Wildman–Crippen MR) is 92.7 cm³/mol. The van der Waals surface area contributed by atoms with Gasteiger partial charge in [0.1, 0.15) is 6.29 Å². The molecule has 0 bridgehead atoms. The van der Waals surface area contributed by atoms with Crippen LogP contribution in [0.4, 0.5) is 0 Å². The van der Waals surface area contributed by atoms with Crippen molar-refractivity contribution in [1.29, 1.82) is 0 Å². The van der Waals surface area contributed by atoms with Gasteiger partial charge in [0.15, 0.2) is 0 Å². The smallest absolute Gasteiger partial charge is 0.123 e. The lowest BCUT2D eigenvalue weighted by Gasteiger charge is -2.43. The number of hydrogen-bond donors (Lipinski definition) is 0. The quantitative estimate of drug-likeness (QED) is 0.597. The summed E-state index contributed by atoms with van der Waals surface area (Å²) in [6, 6.07) is 0. The van der Waals surface area contributed by atoms with Crippen LogP contribution in [-0.2, 0) is 4.79 Å². The zero-order valence-electron chi connectivity index (χ0n) is 14.4. The second-order valence-corrected chi connectivity index (χ2v) is 8.22. The lowest BCUT2D eigenvalue weighted by molar-refractivity contribution is -0.113. The van der Waals surface area contributed by atoms with Crippen molar-refractivity contribution in [2.45, 2.75) is 78.1 Å². The lowest BCUT2D eigenvalue weighted by atomic mass is 9.61. The molecule has 0 spiro atoms. The molecule has 1 nitrogen and oxygen atoms in total. The predicted octanol–water partition coefficient (Wildman–Crippen LogP) is 5.85. The molecule has 0 radical (unpaired) electrons. The summed E-state index contributed by atoms with van der Waals surface area (Å²) in [4.78, 5) is 11.3. The third-order valence-corrected chi connectivity index (χ3v) is 6.92. The van der Waals surface area contributed by atoms with E-state index in [0.29, 0.717) is 11.3 Å². The first-order valence-corrected chi connectivity index (χ1v) is 9.49. The molecule has 0 heterocycles. The van der Waals surface area contributed by atoms with Crippen LogP contribution in [0.15, 0.2) is 23.3 Å². The molecule has 0 aromatic rings. The minimum Gasteiger partial charge on any atom is -0.303 e. The van der Waals surface area contributed by atoms with Gasteiger partial charge in [-0.3, -0.25) is 0 Å². The number of carbonyl (C=O) groups excluding carboxylic acids is 1. The Balaban J connectivity index is 1.78. The Hall–Kier alpha value is -0.850. The largest absolute Gasteiger partial charge is 0.303 e. The number of rotatable bonds is 3. The molecule has 3 aliphatic carbocycles. The maximum Gasteiger partial charge on any atom is 0.123 e. The fourth-order valence-corrected chi connectivity index (χ4v) is 5.64. The maximum atomic E-state index is 11.3. The summed E-state index contributed by atoms with van der Waals surface area (Å²) in [5, 5.41) is 0. The first kappa shape index (κ1) is 16.0. The van der Waals surface area contributed by atoms with Crippen LogP contribution >= 0.6 is 0 Å². The summed E-state index contributed by atoms with van der Waals surface area (Å²) in [7, 11) is 0. The van der Waals surface area contributed by atoms with Gasteiger partial charge < -0.3 is 4.79 Å². The highest BCUT2D eigenvalue weighted by Gasteiger charge is 2.50. The van der Waals surface area contributed by atoms with Gasteiger partial charge in [0.05, 0.1) is 0 Å². The van der Waals surface area contributed by atoms with Crippen LogP contribution in [0.25, 0.3) is 0 Å². The molecule has 1 heteroatoms. The number of carbonyl (C=O) groups is 1. The van der Waals surface area contributed by atoms with Crippen LogP contribution in [0, 0.1) is 23.2 Å². The zero-order valence-corrected chi connectivity index (χ0v) is 14.4. The van der Waals surface area contributed by atoms with Crippen molar-refractivity contribution >= 4 is 6.29 Å². The van der Waals surface area contributed by atoms with Crippen molar-refractivity contribution in [2.24, 2.45) is 23.2 Å². The van der Waals surface area contributed by atoms with Gasteiger partial charge >= 0.3 is 0 Å². The molecule has 0 aromatic carbocycles. The van der Waals surface area contributed by atoms with Gasteiger partial charge in [0.25, 0.3) is 0 Å². The average Bonchev–Trinajstić information content (AvgIpc) is 2.90. The van der Waals surface area contributed by atoms with E-state index in [1.807, 2.05) is 0 Å². The van der Waals surface area contributed by atoms with Crippen LogP contribution in [0.1, 0.15) is 78.1 Å². The van der Waals surface area contributed by atoms with E-state index in [0.717, 1.165) is 5.92 Å². The Labute approximate surface area is 136 Å². The van der Waals surface area contributed by atoms with Crippen LogP contribution in [-0.4, -0.2) is 6.29 Å². The average molecular weight is 300 g/mol. The third-order valence-electron chi connectivity index (χ3n) is 6.92. The zero-order chi connectivity index (χ0) is 15.6. The molecule has 22 heavy (non-hydrogen) atoms. The Morgan fingerprint density at radius 2 is 1.82 bits per heavy atom. The summed E-state index contributed by atoms with van der Waals surface area (Å²) < 4.78 is 0. The van der Waals surface area contributed by atoms with Gasteiger partial charge in [-0.2, -0.15) is 0 Å². The van der Waals surface area contributed by atoms with Crippen molar-refractivity contribution in [2.75, 3.05) is 0 Å². The van der Waals surface area contributed by atoms with E-state index in [2.05, 4.69) is 26.0 Å². The van der Waals surface area contributed by atoms with Gasteiger partial charge in [0, 0.05) is 5.92 Å². The SMILES string of the molecule is C[C@H](C=O)C1CCC2/C(=C/C=C3CCCCC3)CCC[C@@]21C. The van der Waals surface area contributed by atoms with E-state index in [-0.39, 0.29) is 5.92 Å². The molecule has 3 aliphatic rings. The van der Waals surface area contributed by atoms with Gasteiger partial charge in [-0.15, -0.1) is 0 Å². The minimum absolute atomic E-state index is 0.228. The number of fused-ring (bicyclic) bond motifs is 1. The van der Waals surface area contributed by atoms with Crippen molar-refractivity contribution in [3.05, 3.63) is 23.3 Å². The van der Waals surface area contributed by atoms with Crippen molar-refractivity contribution < 1.29 is 4.79 Å². The van der Waals surface area contributed by atoms with Crippen molar-refractivity contribution in [1.82, 2.24) is 0 Å². The van der Waals surface area contributed by atoms with Crippen LogP contribution in [0.5, 0.6) is 0 Å². The lowest BCUT2D eigenvalue weighted by Crippen LogP contribution is -2.36. The summed E-state index contributed by atoms with van der Waals surface area (Å²) in [5.41, 5.74) is 3.73. The third kappa shape index (κ3) is 2.96. The van der Waals surface area contributed by atoms with Gasteiger partial charge in [0.2, 0.25) is 0 Å². The molecule has 4 atom stereocenters. The molecule has 0 amide bonds. The Bertz CT molecular complexity index is 464. The molecule has 122 valence electrons. The summed E-state index contributed by atoms with van der Waals surface area (Å²) in [6.07, 6.45) is 19.4. The van der Waals surface area contributed by atoms with E-state index >= 15 is 0 Å². The monoisotopic (exact) mass is 300 g/mol. The molecule has 0 saturated heterocycles. The molecule has 0 aromatic heterocycles. The van der Waals surface area contributed by atoms with Crippen LogP contribution < -0.4 is 0 Å². The molecule has 0 N–H and O–H groups in total. The first-order valence-electron chi connectivity index (χ1n) is 9.49. The summed E-state index contributed by atoms with van der Waals surface area (Å²) in [6.45, 7) is 4.60. The number of aldehydes is 1. The minimum atomic E-state index is 0.228. The highest BCUT2D eigenvalue weighted by molar-refractivity contribution is 5.54. The van der Waals surface area contributed by atoms with E-state index in [4.69, 9.17) is 0 Å². The van der Waals surface area contributed by atoms with E-state index < -0.39 is 0 Å². The van der Waals surface area contributed by atoms with E-state index in [9.17, 15) is 4.79 Å². The molecule has 3 rings (SSSR count). The second kappa shape index (κ2) is 6.72. The number of allylic oxidation sites excluding steroid dienone is 4. The maximum absolute atomic E-state index is 11.3. The van der Waals surface area contributed by atoms with Crippen LogP contribution in [0.3, 0.4) is 0 Å². The van der Waals surface area contributed by atoms with Crippen LogP contribution in [0.2, 0.25) is 0 Å². The van der Waals surface area contributed by atoms with Gasteiger partial charge in [-0.1, -0.05) is 43.6 Å². The highest BCUT2D eigenvalue weighted by Crippen LogP contribution is 2.59. The fourth-order valence-electron chi connectivity index (χ4n) is 5.64. The molecular formula is C21H32O. The van der Waals surface area contributed by atoms with E-state index in [1.54, 1.807) is 11.1 Å². The van der Waals surface area contributed by atoms with Crippen molar-refractivity contribution in [3.8, 4) is 0 Å². The molecule has 2 unspecified atom stereocenters. The van der Waals surface area contributed by atoms with Crippen molar-refractivity contribution in [3.63, 3.8) is 0 Å². The summed E-state index contributed by atoms with van der Waals surface area (Å²) in [5.74, 6) is 1.56. The number of hydrogen-bond acceptors (Lipinski definition) is 1. The molecule has 3 fully saturated rings. The highest BCUT2D eigenvalue weighted by atomic mass is 16.1. The van der Waals surface area contributed by atoms with E-state index in [1.165, 1.54) is 70.5 Å². The Morgan fingerprint density at radius 3 is 2.55 bits per heavy atom. The molecule has 0 aliphatic heterocycles. The normalized spacial score (nSPS) is 38.6. The van der Waals surface area contributed by atoms with Gasteiger partial charge in [-0.25, -0.2) is 0 Å². The fraction of sp³-hybridized carbons (Fsp3) is 0.762. The van der Waals surface area contributed by atoms with Gasteiger partial charge in [-0.05, 0) is 75.0 Å². The topological polar surface area (TPSA) is 17.1 Å². The first-order chi connectivity index (χ1) is 10.6.